The molecule has 78 valence electrons. The van der Waals surface area contributed by atoms with Gasteiger partial charge in [0.15, 0.2) is 0 Å². The third-order valence-corrected chi connectivity index (χ3v) is 3.38. The lowest BCUT2D eigenvalue weighted by Crippen LogP contribution is -2.01. The summed E-state index contributed by atoms with van der Waals surface area (Å²) in [4.78, 5) is 9.11. The number of thiophene rings is 1. The second-order valence-corrected chi connectivity index (χ2v) is 5.44. The topological polar surface area (TPSA) is 63.8 Å². The van der Waals surface area contributed by atoms with Gasteiger partial charge in [-0.15, -0.1) is 11.3 Å². The maximum atomic E-state index is 5.54. The molecule has 4 nitrogen and oxygen atoms in total. The molecule has 0 unspecified atom stereocenters. The summed E-state index contributed by atoms with van der Waals surface area (Å²) in [5.74, 6) is 1.21. The monoisotopic (exact) mass is 284 g/mol. The van der Waals surface area contributed by atoms with Gasteiger partial charge in [0.2, 0.25) is 0 Å². The average Bonchev–Trinajstić information content (AvgIpc) is 2.62. The Morgan fingerprint density at radius 3 is 2.93 bits per heavy atom. The number of nitrogens with two attached hydrogens (primary N) is 1. The van der Waals surface area contributed by atoms with Crippen LogP contribution < -0.4 is 11.1 Å². The van der Waals surface area contributed by atoms with Crippen molar-refractivity contribution < 1.29 is 0 Å². The average molecular weight is 285 g/mol. The summed E-state index contributed by atoms with van der Waals surface area (Å²) in [5.41, 5.74) is 5.54. The van der Waals surface area contributed by atoms with Crippen molar-refractivity contribution in [1.82, 2.24) is 9.97 Å². The van der Waals surface area contributed by atoms with E-state index < -0.39 is 0 Å². The van der Waals surface area contributed by atoms with E-state index in [1.807, 2.05) is 6.07 Å². The zero-order valence-corrected chi connectivity index (χ0v) is 10.2. The first-order valence-electron chi connectivity index (χ1n) is 4.29. The van der Waals surface area contributed by atoms with Crippen molar-refractivity contribution in [2.75, 3.05) is 11.1 Å². The van der Waals surface area contributed by atoms with Gasteiger partial charge in [-0.25, -0.2) is 9.97 Å². The SMILES string of the molecule is Nc1cc(NCc2ccc(Br)s2)ncn1. The van der Waals surface area contributed by atoms with Crippen molar-refractivity contribution in [2.45, 2.75) is 6.54 Å². The predicted molar refractivity (Wildman–Crippen MR) is 65.8 cm³/mol. The fourth-order valence-electron chi connectivity index (χ4n) is 1.09. The number of halogens is 1. The zero-order chi connectivity index (χ0) is 10.7. The molecule has 0 aliphatic carbocycles. The summed E-state index contributed by atoms with van der Waals surface area (Å²) in [7, 11) is 0. The number of aromatic nitrogens is 2. The Morgan fingerprint density at radius 2 is 2.27 bits per heavy atom. The standard InChI is InChI=1S/C9H9BrN4S/c10-7-2-1-6(15-7)4-12-9-3-8(11)13-5-14-9/h1-3,5H,4H2,(H3,11,12,13,14). The van der Waals surface area contributed by atoms with Crippen LogP contribution in [-0.4, -0.2) is 9.97 Å². The molecule has 2 aromatic heterocycles. The Bertz CT molecular complexity index is 457. The molecule has 0 saturated carbocycles. The van der Waals surface area contributed by atoms with Crippen LogP contribution in [0, 0.1) is 0 Å². The fraction of sp³-hybridized carbons (Fsp3) is 0.111. The van der Waals surface area contributed by atoms with Crippen LogP contribution in [0.4, 0.5) is 11.6 Å². The lowest BCUT2D eigenvalue weighted by Gasteiger charge is -2.03. The van der Waals surface area contributed by atoms with Crippen molar-refractivity contribution in [2.24, 2.45) is 0 Å². The maximum Gasteiger partial charge on any atom is 0.131 e. The van der Waals surface area contributed by atoms with Gasteiger partial charge in [0.1, 0.15) is 18.0 Å². The Hall–Kier alpha value is -1.14. The third kappa shape index (κ3) is 2.90. The molecular weight excluding hydrogens is 276 g/mol. The fourth-order valence-corrected chi connectivity index (χ4v) is 2.52. The molecule has 0 radical (unpaired) electrons. The van der Waals surface area contributed by atoms with E-state index in [0.29, 0.717) is 5.82 Å². The lowest BCUT2D eigenvalue weighted by molar-refractivity contribution is 1.10. The minimum absolute atomic E-state index is 0.472. The largest absolute Gasteiger partial charge is 0.384 e. The predicted octanol–water partition coefficient (Wildman–Crippen LogP) is 2.49. The molecule has 2 heterocycles. The summed E-state index contributed by atoms with van der Waals surface area (Å²) in [6, 6.07) is 5.80. The van der Waals surface area contributed by atoms with Crippen LogP contribution in [0.3, 0.4) is 0 Å². The number of nitrogen functional groups attached to an aromatic ring is 1. The first kappa shape index (κ1) is 10.4. The normalized spacial score (nSPS) is 10.2. The second kappa shape index (κ2) is 4.59. The molecule has 2 aromatic rings. The summed E-state index contributed by atoms with van der Waals surface area (Å²) in [5, 5.41) is 3.17. The van der Waals surface area contributed by atoms with Crippen molar-refractivity contribution in [3.8, 4) is 0 Å². The third-order valence-electron chi connectivity index (χ3n) is 1.76. The van der Waals surface area contributed by atoms with E-state index in [1.165, 1.54) is 11.2 Å². The van der Waals surface area contributed by atoms with E-state index in [0.717, 1.165) is 16.1 Å². The highest BCUT2D eigenvalue weighted by Gasteiger charge is 1.99. The van der Waals surface area contributed by atoms with Gasteiger partial charge < -0.3 is 11.1 Å². The molecule has 0 aliphatic rings. The van der Waals surface area contributed by atoms with Crippen LogP contribution in [0.2, 0.25) is 0 Å². The molecule has 0 saturated heterocycles. The van der Waals surface area contributed by atoms with Crippen LogP contribution in [0.15, 0.2) is 28.3 Å². The zero-order valence-electron chi connectivity index (χ0n) is 7.77. The summed E-state index contributed by atoms with van der Waals surface area (Å²) in [6.45, 7) is 0.743. The summed E-state index contributed by atoms with van der Waals surface area (Å²) < 4.78 is 1.13. The molecule has 3 N–H and O–H groups in total. The molecule has 0 aliphatic heterocycles. The van der Waals surface area contributed by atoms with E-state index in [1.54, 1.807) is 17.4 Å². The van der Waals surface area contributed by atoms with Crippen LogP contribution in [-0.2, 0) is 6.54 Å². The van der Waals surface area contributed by atoms with Crippen molar-refractivity contribution in [3.05, 3.63) is 33.2 Å². The Labute approximate surface area is 99.7 Å². The van der Waals surface area contributed by atoms with Gasteiger partial charge in [0.25, 0.3) is 0 Å². The summed E-state index contributed by atoms with van der Waals surface area (Å²) in [6.07, 6.45) is 1.45. The molecule has 0 bridgehead atoms. The van der Waals surface area contributed by atoms with Crippen LogP contribution >= 0.6 is 27.3 Å². The molecule has 0 amide bonds. The van der Waals surface area contributed by atoms with Gasteiger partial charge in [-0.05, 0) is 28.1 Å². The van der Waals surface area contributed by atoms with E-state index in [-0.39, 0.29) is 0 Å². The number of anilines is 2. The van der Waals surface area contributed by atoms with Crippen LogP contribution in [0.1, 0.15) is 4.88 Å². The number of nitrogens with zero attached hydrogens (tertiary/aromatic N) is 2. The molecular formula is C9H9BrN4S. The molecule has 6 heteroatoms. The summed E-state index contributed by atoms with van der Waals surface area (Å²) >= 11 is 5.11. The lowest BCUT2D eigenvalue weighted by atomic mass is 10.4. The van der Waals surface area contributed by atoms with Gasteiger partial charge >= 0.3 is 0 Å². The van der Waals surface area contributed by atoms with Gasteiger partial charge in [-0.2, -0.15) is 0 Å². The molecule has 0 aromatic carbocycles. The van der Waals surface area contributed by atoms with E-state index in [2.05, 4.69) is 37.3 Å². The Balaban J connectivity index is 1.99. The van der Waals surface area contributed by atoms with E-state index in [4.69, 9.17) is 5.73 Å². The number of nitrogens with one attached hydrogen (secondary N) is 1. The van der Waals surface area contributed by atoms with E-state index in [9.17, 15) is 0 Å². The van der Waals surface area contributed by atoms with Crippen molar-refractivity contribution >= 4 is 38.9 Å². The highest BCUT2D eigenvalue weighted by atomic mass is 79.9. The first-order chi connectivity index (χ1) is 7.24. The van der Waals surface area contributed by atoms with Crippen molar-refractivity contribution in [3.63, 3.8) is 0 Å². The van der Waals surface area contributed by atoms with Gasteiger partial charge in [0, 0.05) is 10.9 Å². The Morgan fingerprint density at radius 1 is 1.40 bits per heavy atom. The van der Waals surface area contributed by atoms with Crippen LogP contribution in [0.25, 0.3) is 0 Å². The highest BCUT2D eigenvalue weighted by molar-refractivity contribution is 9.11. The van der Waals surface area contributed by atoms with Gasteiger partial charge in [-0.3, -0.25) is 0 Å². The van der Waals surface area contributed by atoms with Gasteiger partial charge in [0.05, 0.1) is 10.3 Å². The molecule has 0 spiro atoms. The molecule has 0 atom stereocenters. The molecule has 2 rings (SSSR count). The van der Waals surface area contributed by atoms with Gasteiger partial charge in [-0.1, -0.05) is 0 Å². The number of hydrogen-bond acceptors (Lipinski definition) is 5. The minimum atomic E-state index is 0.472. The quantitative estimate of drug-likeness (QED) is 0.909. The Kier molecular flexibility index (Phi) is 3.17. The second-order valence-electron chi connectivity index (χ2n) is 2.89. The number of hydrogen-bond donors (Lipinski definition) is 2. The van der Waals surface area contributed by atoms with Crippen molar-refractivity contribution in [1.29, 1.82) is 0 Å². The minimum Gasteiger partial charge on any atom is -0.384 e. The van der Waals surface area contributed by atoms with E-state index >= 15 is 0 Å². The van der Waals surface area contributed by atoms with Crippen LogP contribution in [0.5, 0.6) is 0 Å². The molecule has 0 fully saturated rings. The highest BCUT2D eigenvalue weighted by Crippen LogP contribution is 2.22. The first-order valence-corrected chi connectivity index (χ1v) is 5.90. The number of rotatable bonds is 3. The molecule has 15 heavy (non-hydrogen) atoms. The maximum absolute atomic E-state index is 5.54. The smallest absolute Gasteiger partial charge is 0.131 e.